The standard InChI is InChI=1S/C24H38O4/c1-5-6-7-8-16-15-17-18-9-10-20(25)23(18,2)13-11-19(17)24(3,22(16)27)14-12-21(26)28-4/h16-19H,5-15H2,1-4H3. The Morgan fingerprint density at radius 3 is 2.57 bits per heavy atom. The van der Waals surface area contributed by atoms with Crippen LogP contribution >= 0.6 is 0 Å². The molecule has 28 heavy (non-hydrogen) atoms. The fourth-order valence-electron chi connectivity index (χ4n) is 6.92. The zero-order valence-corrected chi connectivity index (χ0v) is 18.2. The number of esters is 1. The van der Waals surface area contributed by atoms with E-state index in [1.807, 2.05) is 0 Å². The molecule has 0 bridgehead atoms. The first-order valence-corrected chi connectivity index (χ1v) is 11.4. The molecule has 3 fully saturated rings. The van der Waals surface area contributed by atoms with Crippen molar-refractivity contribution in [2.75, 3.05) is 7.11 Å². The topological polar surface area (TPSA) is 60.4 Å². The van der Waals surface area contributed by atoms with Gasteiger partial charge in [-0.3, -0.25) is 14.4 Å². The summed E-state index contributed by atoms with van der Waals surface area (Å²) in [5, 5.41) is 0. The zero-order valence-electron chi connectivity index (χ0n) is 18.2. The van der Waals surface area contributed by atoms with Crippen LogP contribution in [0.2, 0.25) is 0 Å². The van der Waals surface area contributed by atoms with Crippen molar-refractivity contribution in [2.45, 2.75) is 91.4 Å². The van der Waals surface area contributed by atoms with Gasteiger partial charge in [0.25, 0.3) is 0 Å². The van der Waals surface area contributed by atoms with Gasteiger partial charge in [0.15, 0.2) is 0 Å². The molecule has 3 aliphatic rings. The van der Waals surface area contributed by atoms with E-state index in [2.05, 4.69) is 20.8 Å². The maximum atomic E-state index is 13.6. The third-order valence-electron chi connectivity index (χ3n) is 8.69. The van der Waals surface area contributed by atoms with E-state index in [9.17, 15) is 14.4 Å². The van der Waals surface area contributed by atoms with Gasteiger partial charge in [-0.2, -0.15) is 0 Å². The second-order valence-corrected chi connectivity index (χ2v) is 10.1. The van der Waals surface area contributed by atoms with Crippen LogP contribution in [0.1, 0.15) is 91.4 Å². The van der Waals surface area contributed by atoms with E-state index in [0.29, 0.717) is 48.6 Å². The molecule has 6 unspecified atom stereocenters. The summed E-state index contributed by atoms with van der Waals surface area (Å²) in [6.07, 6.45) is 9.75. The van der Waals surface area contributed by atoms with Crippen molar-refractivity contribution in [1.29, 1.82) is 0 Å². The summed E-state index contributed by atoms with van der Waals surface area (Å²) in [5.74, 6) is 1.84. The monoisotopic (exact) mass is 390 g/mol. The molecule has 3 rings (SSSR count). The van der Waals surface area contributed by atoms with Gasteiger partial charge in [0.1, 0.15) is 11.6 Å². The Bertz CT molecular complexity index is 626. The van der Waals surface area contributed by atoms with Crippen molar-refractivity contribution in [3.63, 3.8) is 0 Å². The average molecular weight is 391 g/mol. The van der Waals surface area contributed by atoms with Gasteiger partial charge in [-0.05, 0) is 56.3 Å². The minimum absolute atomic E-state index is 0.0912. The highest BCUT2D eigenvalue weighted by atomic mass is 16.5. The van der Waals surface area contributed by atoms with E-state index < -0.39 is 5.41 Å². The number of hydrogen-bond acceptors (Lipinski definition) is 4. The van der Waals surface area contributed by atoms with Gasteiger partial charge in [0, 0.05) is 29.6 Å². The molecule has 0 aromatic heterocycles. The highest BCUT2D eigenvalue weighted by Crippen LogP contribution is 2.62. The second-order valence-electron chi connectivity index (χ2n) is 10.1. The zero-order chi connectivity index (χ0) is 20.5. The molecule has 0 heterocycles. The van der Waals surface area contributed by atoms with Crippen molar-refractivity contribution in [1.82, 2.24) is 0 Å². The first kappa shape index (κ1) is 21.5. The van der Waals surface area contributed by atoms with Crippen LogP contribution in [0.5, 0.6) is 0 Å². The quantitative estimate of drug-likeness (QED) is 0.447. The van der Waals surface area contributed by atoms with Crippen LogP contribution in [0.25, 0.3) is 0 Å². The molecule has 0 radical (unpaired) electrons. The number of rotatable bonds is 7. The minimum Gasteiger partial charge on any atom is -0.469 e. The van der Waals surface area contributed by atoms with Crippen LogP contribution in [0, 0.1) is 34.5 Å². The predicted octanol–water partition coefficient (Wildman–Crippen LogP) is 5.13. The maximum absolute atomic E-state index is 13.6. The Hall–Kier alpha value is -1.19. The summed E-state index contributed by atoms with van der Waals surface area (Å²) in [6.45, 7) is 6.48. The molecule has 4 heteroatoms. The van der Waals surface area contributed by atoms with Gasteiger partial charge in [-0.15, -0.1) is 0 Å². The number of carbonyl (C=O) groups excluding carboxylic acids is 3. The van der Waals surface area contributed by atoms with E-state index in [0.717, 1.165) is 51.4 Å². The fraction of sp³-hybridized carbons (Fsp3) is 0.875. The number of carbonyl (C=O) groups is 3. The summed E-state index contributed by atoms with van der Waals surface area (Å²) in [5.41, 5.74) is -0.639. The molecule has 0 amide bonds. The molecule has 3 aliphatic carbocycles. The van der Waals surface area contributed by atoms with E-state index in [4.69, 9.17) is 4.74 Å². The molecule has 3 saturated carbocycles. The van der Waals surface area contributed by atoms with Crippen LogP contribution in [-0.4, -0.2) is 24.6 Å². The van der Waals surface area contributed by atoms with Gasteiger partial charge in [0.05, 0.1) is 7.11 Å². The van der Waals surface area contributed by atoms with E-state index in [1.165, 1.54) is 7.11 Å². The first-order valence-electron chi connectivity index (χ1n) is 11.4. The number of Topliss-reactive ketones (excluding diaryl/α,β-unsaturated/α-hetero) is 2. The van der Waals surface area contributed by atoms with Gasteiger partial charge in [-0.1, -0.05) is 40.0 Å². The summed E-state index contributed by atoms with van der Waals surface area (Å²) in [6, 6.07) is 0. The van der Waals surface area contributed by atoms with Gasteiger partial charge in [0.2, 0.25) is 0 Å². The lowest BCUT2D eigenvalue weighted by molar-refractivity contribution is -0.156. The lowest BCUT2D eigenvalue weighted by atomic mass is 9.47. The van der Waals surface area contributed by atoms with Crippen LogP contribution in [0.3, 0.4) is 0 Å². The van der Waals surface area contributed by atoms with Crippen molar-refractivity contribution in [3.8, 4) is 0 Å². The average Bonchev–Trinajstić information content (AvgIpc) is 2.99. The van der Waals surface area contributed by atoms with Crippen LogP contribution in [-0.2, 0) is 19.1 Å². The Balaban J connectivity index is 1.88. The van der Waals surface area contributed by atoms with E-state index >= 15 is 0 Å². The lowest BCUT2D eigenvalue weighted by Crippen LogP contribution is -2.55. The molecule has 0 saturated heterocycles. The Morgan fingerprint density at radius 1 is 1.14 bits per heavy atom. The molecule has 0 N–H and O–H groups in total. The first-order chi connectivity index (χ1) is 13.3. The fourth-order valence-corrected chi connectivity index (χ4v) is 6.92. The van der Waals surface area contributed by atoms with E-state index in [1.54, 1.807) is 0 Å². The van der Waals surface area contributed by atoms with Crippen molar-refractivity contribution >= 4 is 17.5 Å². The third-order valence-corrected chi connectivity index (χ3v) is 8.69. The number of unbranched alkanes of at least 4 members (excludes halogenated alkanes) is 2. The Kier molecular flexibility index (Phi) is 6.36. The smallest absolute Gasteiger partial charge is 0.305 e. The molecule has 158 valence electrons. The molecule has 6 atom stereocenters. The SMILES string of the molecule is CCCCCC1CC2C3CCC(=O)C3(C)CCC2C(C)(CCC(=O)OC)C1=O. The van der Waals surface area contributed by atoms with Crippen molar-refractivity contribution in [2.24, 2.45) is 34.5 Å². The van der Waals surface area contributed by atoms with Gasteiger partial charge >= 0.3 is 5.97 Å². The molecule has 0 aliphatic heterocycles. The lowest BCUT2D eigenvalue weighted by Gasteiger charge is -2.56. The van der Waals surface area contributed by atoms with Crippen molar-refractivity contribution < 1.29 is 19.1 Å². The van der Waals surface area contributed by atoms with Crippen molar-refractivity contribution in [3.05, 3.63) is 0 Å². The molecule has 0 aromatic carbocycles. The molecular weight excluding hydrogens is 352 g/mol. The maximum Gasteiger partial charge on any atom is 0.305 e. The summed E-state index contributed by atoms with van der Waals surface area (Å²) < 4.78 is 4.87. The second kappa shape index (κ2) is 8.28. The van der Waals surface area contributed by atoms with Crippen LogP contribution in [0.15, 0.2) is 0 Å². The summed E-state index contributed by atoms with van der Waals surface area (Å²) in [7, 11) is 1.42. The Morgan fingerprint density at radius 2 is 1.89 bits per heavy atom. The third kappa shape index (κ3) is 3.57. The molecule has 0 aromatic rings. The normalized spacial score (nSPS) is 40.1. The highest BCUT2D eigenvalue weighted by Gasteiger charge is 2.61. The number of ether oxygens (including phenoxy) is 1. The van der Waals surface area contributed by atoms with Crippen LogP contribution in [0.4, 0.5) is 0 Å². The highest BCUT2D eigenvalue weighted by molar-refractivity contribution is 5.90. The van der Waals surface area contributed by atoms with Gasteiger partial charge < -0.3 is 4.74 Å². The molecule has 0 spiro atoms. The summed E-state index contributed by atoms with van der Waals surface area (Å²) in [4.78, 5) is 38.1. The Labute approximate surface area is 170 Å². The molecular formula is C24H38O4. The largest absolute Gasteiger partial charge is 0.469 e. The van der Waals surface area contributed by atoms with Gasteiger partial charge in [-0.25, -0.2) is 0 Å². The number of methoxy groups -OCH3 is 1. The number of hydrogen-bond donors (Lipinski definition) is 0. The van der Waals surface area contributed by atoms with E-state index in [-0.39, 0.29) is 17.3 Å². The minimum atomic E-state index is -0.457. The number of fused-ring (bicyclic) bond motifs is 3. The summed E-state index contributed by atoms with van der Waals surface area (Å²) >= 11 is 0. The predicted molar refractivity (Wildman–Crippen MR) is 109 cm³/mol. The molecule has 4 nitrogen and oxygen atoms in total. The number of ketones is 2. The van der Waals surface area contributed by atoms with Crippen LogP contribution < -0.4 is 0 Å².